The average Bonchev–Trinajstić information content (AvgIpc) is 3.12. The van der Waals surface area contributed by atoms with Crippen LogP contribution in [0.15, 0.2) is 48.5 Å². The number of likely N-dealkylation sites (tertiary alicyclic amines) is 1. The van der Waals surface area contributed by atoms with Gasteiger partial charge in [-0.25, -0.2) is 4.79 Å². The fraction of sp³-hybridized carbons (Fsp3) is 0.407. The average molecular weight is 509 g/mol. The van der Waals surface area contributed by atoms with Crippen molar-refractivity contribution < 1.29 is 28.6 Å². The molecule has 1 unspecified atom stereocenters. The molecule has 2 heterocycles. The number of morpholine rings is 1. The molecule has 3 atom stereocenters. The van der Waals surface area contributed by atoms with E-state index in [1.807, 2.05) is 36.4 Å². The topological polar surface area (TPSA) is 135 Å². The highest BCUT2D eigenvalue weighted by Gasteiger charge is 2.62. The van der Waals surface area contributed by atoms with Gasteiger partial charge in [-0.3, -0.25) is 19.9 Å². The van der Waals surface area contributed by atoms with E-state index in [1.165, 1.54) is 14.0 Å². The van der Waals surface area contributed by atoms with Gasteiger partial charge < -0.3 is 24.8 Å². The molecule has 2 aromatic rings. The third kappa shape index (κ3) is 4.89. The first-order chi connectivity index (χ1) is 17.7. The maximum absolute atomic E-state index is 13.5. The highest BCUT2D eigenvalue weighted by atomic mass is 16.5. The Kier molecular flexibility index (Phi) is 7.49. The van der Waals surface area contributed by atoms with Crippen LogP contribution in [-0.2, 0) is 19.1 Å². The molecule has 2 fully saturated rings. The Bertz CT molecular complexity index is 1180. The third-order valence-electron chi connectivity index (χ3n) is 7.38. The second-order valence-corrected chi connectivity index (χ2v) is 9.43. The number of hydrogen-bond acceptors (Lipinski definition) is 7. The second-order valence-electron chi connectivity index (χ2n) is 9.43. The number of methoxy groups -OCH3 is 1. The van der Waals surface area contributed by atoms with Crippen molar-refractivity contribution in [3.63, 3.8) is 0 Å². The van der Waals surface area contributed by atoms with Gasteiger partial charge in [0.25, 0.3) is 0 Å². The molecule has 0 radical (unpaired) electrons. The van der Waals surface area contributed by atoms with Gasteiger partial charge in [-0.2, -0.15) is 0 Å². The van der Waals surface area contributed by atoms with Crippen LogP contribution >= 0.6 is 0 Å². The van der Waals surface area contributed by atoms with Crippen molar-refractivity contribution in [2.75, 3.05) is 40.0 Å². The van der Waals surface area contributed by atoms with Crippen molar-refractivity contribution in [3.8, 4) is 16.9 Å². The number of esters is 1. The number of nitrogens with two attached hydrogens (primary N) is 1. The number of nitrogen functional groups attached to an aromatic ring is 1. The van der Waals surface area contributed by atoms with Crippen LogP contribution in [0.1, 0.15) is 19.4 Å². The fourth-order valence-electron chi connectivity index (χ4n) is 4.81. The molecule has 0 spiro atoms. The zero-order valence-electron chi connectivity index (χ0n) is 21.2. The van der Waals surface area contributed by atoms with Gasteiger partial charge in [0.2, 0.25) is 5.91 Å². The lowest BCUT2D eigenvalue weighted by Crippen LogP contribution is -2.53. The first kappa shape index (κ1) is 26.2. The lowest BCUT2D eigenvalue weighted by Gasteiger charge is -2.33. The number of urea groups is 1. The van der Waals surface area contributed by atoms with E-state index in [1.54, 1.807) is 24.0 Å². The molecule has 0 saturated carbocycles. The highest BCUT2D eigenvalue weighted by Crippen LogP contribution is 2.43. The van der Waals surface area contributed by atoms with Crippen LogP contribution in [0.5, 0.6) is 5.75 Å². The summed E-state index contributed by atoms with van der Waals surface area (Å²) >= 11 is 0. The Morgan fingerprint density at radius 3 is 2.19 bits per heavy atom. The molecule has 2 aromatic carbocycles. The summed E-state index contributed by atoms with van der Waals surface area (Å²) in [5.74, 6) is -1.21. The van der Waals surface area contributed by atoms with Crippen molar-refractivity contribution in [2.45, 2.75) is 19.9 Å². The summed E-state index contributed by atoms with van der Waals surface area (Å²) < 4.78 is 16.3. The summed E-state index contributed by atoms with van der Waals surface area (Å²) in [5, 5.41) is 7.52. The van der Waals surface area contributed by atoms with E-state index >= 15 is 0 Å². The number of rotatable bonds is 6. The second kappa shape index (κ2) is 10.6. The van der Waals surface area contributed by atoms with Gasteiger partial charge in [0.15, 0.2) is 0 Å². The van der Waals surface area contributed by atoms with Crippen LogP contribution in [0, 0.1) is 16.7 Å². The Morgan fingerprint density at radius 1 is 1.08 bits per heavy atom. The summed E-state index contributed by atoms with van der Waals surface area (Å²) in [6.45, 7) is 4.84. The van der Waals surface area contributed by atoms with Crippen LogP contribution in [-0.4, -0.2) is 79.6 Å². The number of imide groups is 1. The van der Waals surface area contributed by atoms with Gasteiger partial charge in [-0.15, -0.1) is 0 Å². The van der Waals surface area contributed by atoms with Gasteiger partial charge in [0.1, 0.15) is 23.6 Å². The summed E-state index contributed by atoms with van der Waals surface area (Å²) in [4.78, 5) is 42.3. The number of benzene rings is 2. The van der Waals surface area contributed by atoms with E-state index in [2.05, 4.69) is 0 Å². The molecule has 0 bridgehead atoms. The molecular weight excluding hydrogens is 476 g/mol. The molecule has 3 amide bonds. The highest BCUT2D eigenvalue weighted by molar-refractivity contribution is 6.10. The molecule has 2 aliphatic rings. The van der Waals surface area contributed by atoms with Crippen LogP contribution in [0.3, 0.4) is 0 Å². The van der Waals surface area contributed by atoms with Crippen LogP contribution < -0.4 is 10.5 Å². The van der Waals surface area contributed by atoms with E-state index in [0.29, 0.717) is 37.6 Å². The molecular formula is C27H32N4O6. The van der Waals surface area contributed by atoms with Gasteiger partial charge in [-0.1, -0.05) is 43.3 Å². The van der Waals surface area contributed by atoms with Crippen LogP contribution in [0.4, 0.5) is 4.79 Å². The van der Waals surface area contributed by atoms with E-state index in [0.717, 1.165) is 16.0 Å². The predicted molar refractivity (Wildman–Crippen MR) is 136 cm³/mol. The van der Waals surface area contributed by atoms with Crippen molar-refractivity contribution >= 4 is 23.7 Å². The first-order valence-electron chi connectivity index (χ1n) is 12.1. The Balaban J connectivity index is 1.52. The monoisotopic (exact) mass is 508 g/mol. The maximum atomic E-state index is 13.5. The minimum Gasteiger partial charge on any atom is -0.491 e. The first-order valence-corrected chi connectivity index (χ1v) is 12.1. The number of amidine groups is 1. The standard InChI is InChI=1S/C27H32N4O6/c1-17-22(16-37-21-10-8-19(9-11-21)18-4-6-20(7-5-18)23(28)29)31(24(32)27(17,2)25(33)35-3)26(34)30-12-14-36-15-13-30/h4-11,17,22H,12-16H2,1-3H3,(H3,28,29)/t17?,22-,27+/m1/s1. The summed E-state index contributed by atoms with van der Waals surface area (Å²) in [6.07, 6.45) is 0. The minimum absolute atomic E-state index is 0.0133. The van der Waals surface area contributed by atoms with Crippen molar-refractivity contribution in [1.82, 2.24) is 9.80 Å². The molecule has 2 saturated heterocycles. The fourth-order valence-corrected chi connectivity index (χ4v) is 4.81. The van der Waals surface area contributed by atoms with E-state index < -0.39 is 35.3 Å². The number of carbonyl (C=O) groups is 3. The van der Waals surface area contributed by atoms with E-state index in [-0.39, 0.29) is 12.4 Å². The third-order valence-corrected chi connectivity index (χ3v) is 7.38. The molecule has 0 aromatic heterocycles. The van der Waals surface area contributed by atoms with E-state index in [9.17, 15) is 14.4 Å². The summed E-state index contributed by atoms with van der Waals surface area (Å²) in [6, 6.07) is 13.7. The molecule has 3 N–H and O–H groups in total. The van der Waals surface area contributed by atoms with Gasteiger partial charge in [-0.05, 0) is 30.2 Å². The molecule has 0 aliphatic carbocycles. The zero-order valence-corrected chi connectivity index (χ0v) is 21.2. The van der Waals surface area contributed by atoms with Gasteiger partial charge >= 0.3 is 12.0 Å². The van der Waals surface area contributed by atoms with Crippen LogP contribution in [0.2, 0.25) is 0 Å². The quantitative estimate of drug-likeness (QED) is 0.265. The molecule has 10 nitrogen and oxygen atoms in total. The lowest BCUT2D eigenvalue weighted by molar-refractivity contribution is -0.159. The number of ether oxygens (including phenoxy) is 3. The van der Waals surface area contributed by atoms with Crippen molar-refractivity contribution in [1.29, 1.82) is 5.41 Å². The molecule has 37 heavy (non-hydrogen) atoms. The number of amides is 3. The predicted octanol–water partition coefficient (Wildman–Crippen LogP) is 2.49. The summed E-state index contributed by atoms with van der Waals surface area (Å²) in [5.41, 5.74) is 6.59. The SMILES string of the molecule is COC(=O)[C@]1(C)C(=O)N(C(=O)N2CCOCC2)[C@H](COc2ccc(-c3ccc(C(=N)N)cc3)cc2)C1C. The Hall–Kier alpha value is -3.92. The van der Waals surface area contributed by atoms with E-state index in [4.69, 9.17) is 25.4 Å². The Labute approximate surface area is 215 Å². The van der Waals surface area contributed by atoms with Crippen molar-refractivity contribution in [2.24, 2.45) is 17.1 Å². The molecule has 2 aliphatic heterocycles. The molecule has 4 rings (SSSR count). The van der Waals surface area contributed by atoms with Gasteiger partial charge in [0.05, 0.1) is 26.4 Å². The lowest BCUT2D eigenvalue weighted by atomic mass is 9.78. The smallest absolute Gasteiger partial charge is 0.327 e. The van der Waals surface area contributed by atoms with Crippen molar-refractivity contribution in [3.05, 3.63) is 54.1 Å². The number of nitrogens with one attached hydrogen (secondary N) is 1. The van der Waals surface area contributed by atoms with Crippen LogP contribution in [0.25, 0.3) is 11.1 Å². The minimum atomic E-state index is -1.50. The largest absolute Gasteiger partial charge is 0.491 e. The summed E-state index contributed by atoms with van der Waals surface area (Å²) in [7, 11) is 1.24. The number of carbonyl (C=O) groups excluding carboxylic acids is 3. The molecule has 196 valence electrons. The molecule has 10 heteroatoms. The zero-order chi connectivity index (χ0) is 26.7. The van der Waals surface area contributed by atoms with Gasteiger partial charge in [0, 0.05) is 24.6 Å². The maximum Gasteiger partial charge on any atom is 0.327 e. The number of nitrogens with zero attached hydrogens (tertiary/aromatic N) is 2. The Morgan fingerprint density at radius 2 is 1.65 bits per heavy atom. The number of hydrogen-bond donors (Lipinski definition) is 2. The normalized spacial score (nSPS) is 23.6.